The normalized spacial score (nSPS) is 28.8. The number of hydrogen-bond acceptors (Lipinski definition) is 3. The summed E-state index contributed by atoms with van der Waals surface area (Å²) in [6.45, 7) is 8.02. The highest BCUT2D eigenvalue weighted by molar-refractivity contribution is 7.10. The monoisotopic (exact) mass is 294 g/mol. The molecular formula is C17H30N2S. The molecule has 1 fully saturated rings. The van der Waals surface area contributed by atoms with Crippen molar-refractivity contribution in [2.24, 2.45) is 5.92 Å². The zero-order valence-electron chi connectivity index (χ0n) is 13.7. The highest BCUT2D eigenvalue weighted by Crippen LogP contribution is 2.36. The molecule has 20 heavy (non-hydrogen) atoms. The molecule has 0 bridgehead atoms. The van der Waals surface area contributed by atoms with Gasteiger partial charge in [-0.25, -0.2) is 0 Å². The molecule has 3 heteroatoms. The molecule has 1 aliphatic rings. The van der Waals surface area contributed by atoms with Gasteiger partial charge in [-0.15, -0.1) is 11.3 Å². The zero-order valence-corrected chi connectivity index (χ0v) is 14.5. The first-order valence-corrected chi connectivity index (χ1v) is 8.77. The first kappa shape index (κ1) is 16.0. The number of hydrogen-bond donors (Lipinski definition) is 1. The summed E-state index contributed by atoms with van der Waals surface area (Å²) in [4.78, 5) is 3.95. The molecule has 1 aliphatic carbocycles. The molecule has 0 radical (unpaired) electrons. The van der Waals surface area contributed by atoms with Crippen LogP contribution in [-0.2, 0) is 0 Å². The molecule has 0 aromatic carbocycles. The Balaban J connectivity index is 2.01. The summed E-state index contributed by atoms with van der Waals surface area (Å²) in [7, 11) is 4.50. The third-order valence-electron chi connectivity index (χ3n) is 5.05. The van der Waals surface area contributed by atoms with E-state index in [1.807, 2.05) is 11.3 Å². The number of rotatable bonds is 5. The number of aryl methyl sites for hydroxylation is 1. The van der Waals surface area contributed by atoms with E-state index in [-0.39, 0.29) is 0 Å². The second-order valence-corrected chi connectivity index (χ2v) is 7.84. The molecule has 1 N–H and O–H groups in total. The maximum Gasteiger partial charge on any atom is 0.0389 e. The lowest BCUT2D eigenvalue weighted by Crippen LogP contribution is -2.54. The molecule has 0 amide bonds. The molecule has 1 aromatic rings. The molecular weight excluding hydrogens is 264 g/mol. The lowest BCUT2D eigenvalue weighted by atomic mass is 9.75. The van der Waals surface area contributed by atoms with E-state index in [0.29, 0.717) is 11.6 Å². The Bertz CT molecular complexity index is 426. The van der Waals surface area contributed by atoms with Crippen molar-refractivity contribution in [3.05, 3.63) is 21.9 Å². The molecule has 1 saturated carbocycles. The van der Waals surface area contributed by atoms with Gasteiger partial charge in [-0.05, 0) is 63.7 Å². The van der Waals surface area contributed by atoms with Crippen LogP contribution in [0.1, 0.15) is 56.0 Å². The van der Waals surface area contributed by atoms with Gasteiger partial charge in [0.1, 0.15) is 0 Å². The van der Waals surface area contributed by atoms with Gasteiger partial charge >= 0.3 is 0 Å². The summed E-state index contributed by atoms with van der Waals surface area (Å²) in [5.41, 5.74) is 1.77. The third kappa shape index (κ3) is 3.44. The first-order valence-electron chi connectivity index (χ1n) is 7.89. The fourth-order valence-electron chi connectivity index (χ4n) is 3.62. The van der Waals surface area contributed by atoms with E-state index in [0.717, 1.165) is 12.5 Å². The minimum absolute atomic E-state index is 0.344. The molecule has 3 unspecified atom stereocenters. The summed E-state index contributed by atoms with van der Waals surface area (Å²) in [5.74, 6) is 0.853. The van der Waals surface area contributed by atoms with Gasteiger partial charge in [0, 0.05) is 23.0 Å². The van der Waals surface area contributed by atoms with E-state index < -0.39 is 0 Å². The van der Waals surface area contributed by atoms with Crippen molar-refractivity contribution in [2.75, 3.05) is 20.6 Å². The van der Waals surface area contributed by atoms with E-state index in [1.54, 1.807) is 0 Å². The van der Waals surface area contributed by atoms with Gasteiger partial charge in [0.05, 0.1) is 0 Å². The summed E-state index contributed by atoms with van der Waals surface area (Å²) in [6, 6.07) is 2.69. The smallest absolute Gasteiger partial charge is 0.0389 e. The molecule has 0 saturated heterocycles. The summed E-state index contributed by atoms with van der Waals surface area (Å²) in [5, 5.41) is 6.01. The Morgan fingerprint density at radius 3 is 2.80 bits per heavy atom. The van der Waals surface area contributed by atoms with Gasteiger partial charge in [-0.3, -0.25) is 0 Å². The molecule has 2 nitrogen and oxygen atoms in total. The van der Waals surface area contributed by atoms with Gasteiger partial charge in [-0.1, -0.05) is 19.8 Å². The van der Waals surface area contributed by atoms with Crippen LogP contribution in [0.3, 0.4) is 0 Å². The third-order valence-corrected chi connectivity index (χ3v) is 6.25. The fourth-order valence-corrected chi connectivity index (χ4v) is 4.58. The van der Waals surface area contributed by atoms with E-state index in [9.17, 15) is 0 Å². The number of thiophene rings is 1. The van der Waals surface area contributed by atoms with E-state index in [2.05, 4.69) is 56.5 Å². The van der Waals surface area contributed by atoms with Crippen LogP contribution in [0.15, 0.2) is 11.4 Å². The summed E-state index contributed by atoms with van der Waals surface area (Å²) < 4.78 is 0. The Morgan fingerprint density at radius 2 is 2.25 bits per heavy atom. The lowest BCUT2D eigenvalue weighted by Gasteiger charge is -2.46. The zero-order chi connectivity index (χ0) is 14.8. The fraction of sp³-hybridized carbons (Fsp3) is 0.765. The average Bonchev–Trinajstić information content (AvgIpc) is 2.82. The van der Waals surface area contributed by atoms with Crippen LogP contribution in [-0.4, -0.2) is 31.1 Å². The van der Waals surface area contributed by atoms with Crippen LogP contribution >= 0.6 is 11.3 Å². The van der Waals surface area contributed by atoms with E-state index >= 15 is 0 Å². The van der Waals surface area contributed by atoms with Crippen LogP contribution in [0, 0.1) is 12.8 Å². The highest BCUT2D eigenvalue weighted by Gasteiger charge is 2.36. The molecule has 1 heterocycles. The SMILES string of the molecule is Cc1ccsc1C(C)NCC1(N(C)C)CCCC(C)C1. The van der Waals surface area contributed by atoms with Crippen LogP contribution in [0.4, 0.5) is 0 Å². The number of nitrogens with zero attached hydrogens (tertiary/aromatic N) is 1. The Kier molecular flexibility index (Phi) is 5.27. The van der Waals surface area contributed by atoms with Gasteiger partial charge in [0.25, 0.3) is 0 Å². The Labute approximate surface area is 128 Å². The minimum atomic E-state index is 0.344. The maximum atomic E-state index is 3.81. The topological polar surface area (TPSA) is 15.3 Å². The Hall–Kier alpha value is -0.380. The van der Waals surface area contributed by atoms with Gasteiger partial charge in [-0.2, -0.15) is 0 Å². The van der Waals surface area contributed by atoms with Crippen molar-refractivity contribution in [2.45, 2.75) is 58.0 Å². The van der Waals surface area contributed by atoms with Gasteiger partial charge in [0.15, 0.2) is 0 Å². The average molecular weight is 295 g/mol. The molecule has 0 aliphatic heterocycles. The molecule has 114 valence electrons. The van der Waals surface area contributed by atoms with Crippen molar-refractivity contribution in [3.8, 4) is 0 Å². The van der Waals surface area contributed by atoms with Crippen molar-refractivity contribution in [1.82, 2.24) is 10.2 Å². The predicted molar refractivity (Wildman–Crippen MR) is 89.5 cm³/mol. The van der Waals surface area contributed by atoms with Crippen LogP contribution in [0.2, 0.25) is 0 Å². The van der Waals surface area contributed by atoms with Gasteiger partial charge in [0.2, 0.25) is 0 Å². The van der Waals surface area contributed by atoms with Crippen LogP contribution in [0.25, 0.3) is 0 Å². The van der Waals surface area contributed by atoms with Crippen molar-refractivity contribution < 1.29 is 0 Å². The lowest BCUT2D eigenvalue weighted by molar-refractivity contribution is 0.0729. The summed E-state index contributed by atoms with van der Waals surface area (Å²) >= 11 is 1.88. The second kappa shape index (κ2) is 6.59. The quantitative estimate of drug-likeness (QED) is 0.875. The van der Waals surface area contributed by atoms with Crippen molar-refractivity contribution in [1.29, 1.82) is 0 Å². The minimum Gasteiger partial charge on any atom is -0.308 e. The predicted octanol–water partition coefficient (Wildman–Crippen LogP) is 4.22. The van der Waals surface area contributed by atoms with Crippen LogP contribution < -0.4 is 5.32 Å². The highest BCUT2D eigenvalue weighted by atomic mass is 32.1. The standard InChI is InChI=1S/C17H30N2S/c1-13-7-6-9-17(11-13,19(4)5)12-18-15(3)16-14(2)8-10-20-16/h8,10,13,15,18H,6-7,9,11-12H2,1-5H3. The number of likely N-dealkylation sites (N-methyl/N-ethyl adjacent to an activating group) is 1. The van der Waals surface area contributed by atoms with Crippen molar-refractivity contribution in [3.63, 3.8) is 0 Å². The molecule has 0 spiro atoms. The largest absolute Gasteiger partial charge is 0.308 e. The number of nitrogens with one attached hydrogen (secondary N) is 1. The molecule has 3 atom stereocenters. The van der Waals surface area contributed by atoms with Gasteiger partial charge < -0.3 is 10.2 Å². The maximum absolute atomic E-state index is 3.81. The summed E-state index contributed by atoms with van der Waals surface area (Å²) in [6.07, 6.45) is 5.42. The Morgan fingerprint density at radius 1 is 1.50 bits per heavy atom. The first-order chi connectivity index (χ1) is 9.44. The molecule has 2 rings (SSSR count). The van der Waals surface area contributed by atoms with E-state index in [1.165, 1.54) is 36.1 Å². The molecule has 1 aromatic heterocycles. The van der Waals surface area contributed by atoms with Crippen LogP contribution in [0.5, 0.6) is 0 Å². The second-order valence-electron chi connectivity index (χ2n) is 6.89. The van der Waals surface area contributed by atoms with Crippen molar-refractivity contribution >= 4 is 11.3 Å². The van der Waals surface area contributed by atoms with E-state index in [4.69, 9.17) is 0 Å².